The second-order valence-electron chi connectivity index (χ2n) is 10.2. The van der Waals surface area contributed by atoms with E-state index in [1.54, 1.807) is 30.3 Å². The number of para-hydroxylation sites is 1. The quantitative estimate of drug-likeness (QED) is 0.183. The highest BCUT2D eigenvalue weighted by molar-refractivity contribution is 6.41. The van der Waals surface area contributed by atoms with Crippen LogP contribution in [0.5, 0.6) is 0 Å². The summed E-state index contributed by atoms with van der Waals surface area (Å²) in [4.78, 5) is 42.6. The summed E-state index contributed by atoms with van der Waals surface area (Å²) in [5, 5.41) is 10.9. The van der Waals surface area contributed by atoms with Crippen LogP contribution in [0.15, 0.2) is 95.9 Å². The van der Waals surface area contributed by atoms with Crippen LogP contribution in [0, 0.1) is 17.5 Å². The zero-order valence-electron chi connectivity index (χ0n) is 23.1. The Bertz CT molecular complexity index is 1710. The molecule has 1 aromatic heterocycles. The normalized spacial score (nSPS) is 13.7. The minimum Gasteiger partial charge on any atom is -0.507 e. The Kier molecular flexibility index (Phi) is 8.75. The van der Waals surface area contributed by atoms with Crippen molar-refractivity contribution < 1.29 is 27.9 Å². The number of piperazine rings is 1. The maximum absolute atomic E-state index is 14.4. The number of hydrogen-bond acceptors (Lipinski definition) is 5. The van der Waals surface area contributed by atoms with Gasteiger partial charge >= 0.3 is 0 Å². The molecule has 0 saturated carbocycles. The standard InChI is InChI=1S/C33H28F3N3O4/c34-24-17-28(35)26(29(36)18-24)15-23-16-27(32(42)39(21-23)20-22-7-3-1-4-8-22)30(40)19-31(41)33(43)38-13-11-37(12-14-38)25-9-5-2-6-10-25/h1-10,16-19,21,40H,11-15,20H2. The lowest BCUT2D eigenvalue weighted by atomic mass is 10.0. The van der Waals surface area contributed by atoms with Crippen LogP contribution in [0.25, 0.3) is 5.76 Å². The summed E-state index contributed by atoms with van der Waals surface area (Å²) in [5.41, 5.74) is 0.513. The predicted molar refractivity (Wildman–Crippen MR) is 156 cm³/mol. The number of carbonyl (C=O) groups excluding carboxylic acids is 2. The number of rotatable bonds is 8. The van der Waals surface area contributed by atoms with Gasteiger partial charge in [0, 0.05) is 68.3 Å². The first-order chi connectivity index (χ1) is 20.7. The maximum Gasteiger partial charge on any atom is 0.294 e. The van der Waals surface area contributed by atoms with Crippen LogP contribution in [0.2, 0.25) is 0 Å². The Labute approximate surface area is 245 Å². The van der Waals surface area contributed by atoms with Crippen LogP contribution < -0.4 is 10.5 Å². The highest BCUT2D eigenvalue weighted by Gasteiger charge is 2.26. The van der Waals surface area contributed by atoms with Gasteiger partial charge in [-0.3, -0.25) is 14.4 Å². The maximum atomic E-state index is 14.4. The van der Waals surface area contributed by atoms with Gasteiger partial charge in [0.05, 0.1) is 12.1 Å². The lowest BCUT2D eigenvalue weighted by molar-refractivity contribution is -0.142. The van der Waals surface area contributed by atoms with Crippen LogP contribution in [0.1, 0.15) is 22.3 Å². The molecule has 3 aromatic carbocycles. The Morgan fingerprint density at radius 3 is 2.05 bits per heavy atom. The van der Waals surface area contributed by atoms with Crippen LogP contribution in [0.4, 0.5) is 18.9 Å². The molecule has 1 fully saturated rings. The van der Waals surface area contributed by atoms with Gasteiger partial charge in [-0.15, -0.1) is 0 Å². The van der Waals surface area contributed by atoms with Crippen molar-refractivity contribution >= 4 is 23.1 Å². The second-order valence-corrected chi connectivity index (χ2v) is 10.2. The molecule has 0 bridgehead atoms. The number of aromatic nitrogens is 1. The fourth-order valence-electron chi connectivity index (χ4n) is 5.05. The van der Waals surface area contributed by atoms with Crippen molar-refractivity contribution in [2.75, 3.05) is 31.1 Å². The van der Waals surface area contributed by atoms with Crippen molar-refractivity contribution in [3.63, 3.8) is 0 Å². The molecule has 5 rings (SSSR count). The minimum absolute atomic E-state index is 0.0563. The molecule has 1 N–H and O–H groups in total. The number of aliphatic hydroxyl groups is 1. The van der Waals surface area contributed by atoms with Crippen molar-refractivity contribution in [2.45, 2.75) is 13.0 Å². The summed E-state index contributed by atoms with van der Waals surface area (Å²) in [7, 11) is 0. The molecule has 0 aliphatic carbocycles. The highest BCUT2D eigenvalue weighted by atomic mass is 19.1. The molecule has 0 atom stereocenters. The summed E-state index contributed by atoms with van der Waals surface area (Å²) >= 11 is 0. The molecule has 4 aromatic rings. The van der Waals surface area contributed by atoms with E-state index in [9.17, 15) is 32.7 Å². The molecule has 220 valence electrons. The molecule has 1 amide bonds. The highest BCUT2D eigenvalue weighted by Crippen LogP contribution is 2.21. The Morgan fingerprint density at radius 1 is 0.814 bits per heavy atom. The Morgan fingerprint density at radius 2 is 1.42 bits per heavy atom. The number of nitrogens with zero attached hydrogens (tertiary/aromatic N) is 3. The van der Waals surface area contributed by atoms with Gasteiger partial charge in [-0.1, -0.05) is 48.5 Å². The Balaban J connectivity index is 1.40. The molecule has 0 unspecified atom stereocenters. The van der Waals surface area contributed by atoms with E-state index >= 15 is 0 Å². The average Bonchev–Trinajstić information content (AvgIpc) is 3.01. The number of benzene rings is 3. The number of halogens is 3. The van der Waals surface area contributed by atoms with E-state index in [0.717, 1.165) is 11.3 Å². The van der Waals surface area contributed by atoms with Gasteiger partial charge in [0.15, 0.2) is 0 Å². The number of anilines is 1. The first kappa shape index (κ1) is 29.4. The largest absolute Gasteiger partial charge is 0.507 e. The summed E-state index contributed by atoms with van der Waals surface area (Å²) in [6.45, 7) is 1.67. The van der Waals surface area contributed by atoms with Crippen LogP contribution in [-0.4, -0.2) is 52.4 Å². The summed E-state index contributed by atoms with van der Waals surface area (Å²) in [6.07, 6.45) is 1.71. The third-order valence-electron chi connectivity index (χ3n) is 7.27. The van der Waals surface area contributed by atoms with Crippen LogP contribution in [0.3, 0.4) is 0 Å². The molecule has 10 heteroatoms. The van der Waals surface area contributed by atoms with Crippen molar-refractivity contribution in [1.29, 1.82) is 0 Å². The number of aliphatic hydroxyl groups excluding tert-OH is 1. The van der Waals surface area contributed by atoms with E-state index < -0.39 is 46.0 Å². The fraction of sp³-hybridized carbons (Fsp3) is 0.182. The molecule has 43 heavy (non-hydrogen) atoms. The van der Waals surface area contributed by atoms with E-state index in [4.69, 9.17) is 0 Å². The molecular formula is C33H28F3N3O4. The zero-order valence-corrected chi connectivity index (χ0v) is 23.1. The number of amides is 1. The molecule has 2 heterocycles. The monoisotopic (exact) mass is 587 g/mol. The fourth-order valence-corrected chi connectivity index (χ4v) is 5.05. The molecule has 0 spiro atoms. The number of pyridine rings is 1. The van der Waals surface area contributed by atoms with Crippen LogP contribution in [-0.2, 0) is 22.6 Å². The SMILES string of the molecule is O=C(C=C(O)c1cc(Cc2c(F)cc(F)cc2F)cn(Cc2ccccc2)c1=O)C(=O)N1CCN(c2ccccc2)CC1. The van der Waals surface area contributed by atoms with Crippen molar-refractivity contribution in [3.8, 4) is 0 Å². The lowest BCUT2D eigenvalue weighted by Gasteiger charge is -2.35. The topological polar surface area (TPSA) is 82.8 Å². The molecule has 0 radical (unpaired) electrons. The molecule has 1 saturated heterocycles. The minimum atomic E-state index is -1.10. The number of hydrogen-bond donors (Lipinski definition) is 1. The van der Waals surface area contributed by atoms with Gasteiger partial charge in [0.2, 0.25) is 5.78 Å². The third kappa shape index (κ3) is 6.86. The molecular weight excluding hydrogens is 559 g/mol. The zero-order chi connectivity index (χ0) is 30.5. The summed E-state index contributed by atoms with van der Waals surface area (Å²) in [5.74, 6) is -5.87. The second kappa shape index (κ2) is 12.8. The molecule has 1 aliphatic heterocycles. The van der Waals surface area contributed by atoms with Gasteiger partial charge in [0.1, 0.15) is 23.2 Å². The lowest BCUT2D eigenvalue weighted by Crippen LogP contribution is -2.50. The third-order valence-corrected chi connectivity index (χ3v) is 7.27. The van der Waals surface area contributed by atoms with Gasteiger partial charge < -0.3 is 19.5 Å². The van der Waals surface area contributed by atoms with Gasteiger partial charge in [0.25, 0.3) is 11.5 Å². The van der Waals surface area contributed by atoms with E-state index in [1.165, 1.54) is 21.7 Å². The first-order valence-electron chi connectivity index (χ1n) is 13.6. The summed E-state index contributed by atoms with van der Waals surface area (Å²) < 4.78 is 43.6. The van der Waals surface area contributed by atoms with E-state index in [1.807, 2.05) is 30.3 Å². The van der Waals surface area contributed by atoms with Crippen molar-refractivity contribution in [2.24, 2.45) is 0 Å². The number of ketones is 1. The average molecular weight is 588 g/mol. The first-order valence-corrected chi connectivity index (χ1v) is 13.6. The van der Waals surface area contributed by atoms with Crippen molar-refractivity contribution in [3.05, 3.63) is 141 Å². The smallest absolute Gasteiger partial charge is 0.294 e. The van der Waals surface area contributed by atoms with E-state index in [0.29, 0.717) is 44.4 Å². The van der Waals surface area contributed by atoms with Crippen LogP contribution >= 0.6 is 0 Å². The summed E-state index contributed by atoms with van der Waals surface area (Å²) in [6, 6.07) is 20.9. The van der Waals surface area contributed by atoms with E-state index in [2.05, 4.69) is 4.90 Å². The predicted octanol–water partition coefficient (Wildman–Crippen LogP) is 4.72. The van der Waals surface area contributed by atoms with E-state index in [-0.39, 0.29) is 24.1 Å². The Hall–Kier alpha value is -5.12. The van der Waals surface area contributed by atoms with Gasteiger partial charge in [-0.05, 0) is 29.3 Å². The number of carbonyl (C=O) groups is 2. The van der Waals surface area contributed by atoms with Gasteiger partial charge in [-0.25, -0.2) is 13.2 Å². The molecule has 1 aliphatic rings. The van der Waals surface area contributed by atoms with Gasteiger partial charge in [-0.2, -0.15) is 0 Å². The van der Waals surface area contributed by atoms with Crippen molar-refractivity contribution in [1.82, 2.24) is 9.47 Å². The molecule has 7 nitrogen and oxygen atoms in total.